The second-order valence-corrected chi connectivity index (χ2v) is 7.47. The van der Waals surface area contributed by atoms with Gasteiger partial charge in [0.15, 0.2) is 5.96 Å². The molecule has 0 aliphatic carbocycles. The number of aliphatic imine (C=N–C) groups is 1. The molecule has 5 nitrogen and oxygen atoms in total. The van der Waals surface area contributed by atoms with E-state index in [4.69, 9.17) is 4.74 Å². The summed E-state index contributed by atoms with van der Waals surface area (Å²) in [6, 6.07) is 0. The highest BCUT2D eigenvalue weighted by Crippen LogP contribution is 2.33. The molecule has 0 radical (unpaired) electrons. The van der Waals surface area contributed by atoms with Crippen molar-refractivity contribution in [3.63, 3.8) is 0 Å². The number of hydrogen-bond donors (Lipinski definition) is 2. The van der Waals surface area contributed by atoms with Crippen LogP contribution in [-0.4, -0.2) is 63.3 Å². The summed E-state index contributed by atoms with van der Waals surface area (Å²) >= 11 is 0. The summed E-state index contributed by atoms with van der Waals surface area (Å²) in [6.07, 6.45) is 2.70. The first kappa shape index (κ1) is 20.2. The van der Waals surface area contributed by atoms with Crippen molar-refractivity contribution in [2.45, 2.75) is 53.6 Å². The lowest BCUT2D eigenvalue weighted by molar-refractivity contribution is -0.0835. The summed E-state index contributed by atoms with van der Waals surface area (Å²) in [6.45, 7) is 17.2. The first-order valence-electron chi connectivity index (χ1n) is 9.20. The predicted molar refractivity (Wildman–Crippen MR) is 99.1 cm³/mol. The zero-order valence-corrected chi connectivity index (χ0v) is 16.1. The van der Waals surface area contributed by atoms with Gasteiger partial charge < -0.3 is 20.3 Å². The lowest BCUT2D eigenvalue weighted by Gasteiger charge is -2.40. The molecule has 1 saturated heterocycles. The van der Waals surface area contributed by atoms with Crippen LogP contribution in [0.2, 0.25) is 0 Å². The monoisotopic (exact) mass is 326 g/mol. The number of nitrogens with zero attached hydrogens (tertiary/aromatic N) is 2. The van der Waals surface area contributed by atoms with Crippen molar-refractivity contribution in [2.24, 2.45) is 16.3 Å². The third-order valence-electron chi connectivity index (χ3n) is 4.67. The molecule has 1 heterocycles. The van der Waals surface area contributed by atoms with Crippen LogP contribution in [0.25, 0.3) is 0 Å². The molecule has 0 bridgehead atoms. The van der Waals surface area contributed by atoms with Crippen LogP contribution < -0.4 is 10.6 Å². The van der Waals surface area contributed by atoms with Gasteiger partial charge in [0.25, 0.3) is 0 Å². The van der Waals surface area contributed by atoms with Crippen LogP contribution in [-0.2, 0) is 4.74 Å². The van der Waals surface area contributed by atoms with E-state index in [1.807, 2.05) is 7.05 Å². The van der Waals surface area contributed by atoms with Crippen LogP contribution in [0, 0.1) is 11.3 Å². The lowest BCUT2D eigenvalue weighted by atomic mass is 9.78. The molecule has 2 N–H and O–H groups in total. The van der Waals surface area contributed by atoms with Gasteiger partial charge in [0, 0.05) is 39.2 Å². The molecule has 0 aromatic carbocycles. The summed E-state index contributed by atoms with van der Waals surface area (Å²) in [5.74, 6) is 1.44. The molecule has 23 heavy (non-hydrogen) atoms. The normalized spacial score (nSPS) is 23.2. The summed E-state index contributed by atoms with van der Waals surface area (Å²) in [7, 11) is 1.84. The fraction of sp³-hybridized carbons (Fsp3) is 0.944. The van der Waals surface area contributed by atoms with Gasteiger partial charge in [-0.25, -0.2) is 0 Å². The maximum atomic E-state index is 6.06. The summed E-state index contributed by atoms with van der Waals surface area (Å²) in [4.78, 5) is 6.75. The topological polar surface area (TPSA) is 48.9 Å². The minimum absolute atomic E-state index is 0.187. The fourth-order valence-corrected chi connectivity index (χ4v) is 3.33. The quantitative estimate of drug-likeness (QED) is 0.557. The van der Waals surface area contributed by atoms with Gasteiger partial charge in [-0.15, -0.1) is 0 Å². The number of hydrogen-bond acceptors (Lipinski definition) is 3. The highest BCUT2D eigenvalue weighted by Gasteiger charge is 2.35. The van der Waals surface area contributed by atoms with E-state index in [9.17, 15) is 0 Å². The van der Waals surface area contributed by atoms with Crippen molar-refractivity contribution in [3.8, 4) is 0 Å². The van der Waals surface area contributed by atoms with Crippen molar-refractivity contribution < 1.29 is 4.74 Å². The molecule has 0 aromatic rings. The molecule has 5 heteroatoms. The molecule has 1 aliphatic heterocycles. The van der Waals surface area contributed by atoms with Gasteiger partial charge in [0.2, 0.25) is 0 Å². The molecule has 136 valence electrons. The number of guanidine groups is 1. The molecule has 0 aromatic heterocycles. The van der Waals surface area contributed by atoms with Crippen LogP contribution in [0.5, 0.6) is 0 Å². The van der Waals surface area contributed by atoms with Crippen molar-refractivity contribution in [2.75, 3.05) is 46.4 Å². The van der Waals surface area contributed by atoms with Gasteiger partial charge in [-0.1, -0.05) is 34.6 Å². The molecule has 1 fully saturated rings. The molecular formula is C18H38N4O. The second kappa shape index (κ2) is 10.1. The van der Waals surface area contributed by atoms with E-state index in [1.54, 1.807) is 0 Å². The Labute approximate surface area is 143 Å². The van der Waals surface area contributed by atoms with Gasteiger partial charge in [-0.05, 0) is 31.3 Å². The lowest BCUT2D eigenvalue weighted by Crippen LogP contribution is -2.48. The number of rotatable bonds is 7. The maximum Gasteiger partial charge on any atom is 0.191 e. The van der Waals surface area contributed by atoms with Crippen molar-refractivity contribution in [1.82, 2.24) is 15.5 Å². The Bertz CT molecular complexity index is 347. The summed E-state index contributed by atoms with van der Waals surface area (Å²) < 4.78 is 6.06. The first-order chi connectivity index (χ1) is 10.9. The number of nitrogens with one attached hydrogen (secondary N) is 2. The Morgan fingerprint density at radius 3 is 2.48 bits per heavy atom. The van der Waals surface area contributed by atoms with Crippen LogP contribution >= 0.6 is 0 Å². The second-order valence-electron chi connectivity index (χ2n) is 7.47. The summed E-state index contributed by atoms with van der Waals surface area (Å²) in [5, 5.41) is 6.91. The van der Waals surface area contributed by atoms with E-state index in [0.29, 0.717) is 12.0 Å². The van der Waals surface area contributed by atoms with Gasteiger partial charge in [0.1, 0.15) is 0 Å². The van der Waals surface area contributed by atoms with Crippen molar-refractivity contribution in [3.05, 3.63) is 0 Å². The summed E-state index contributed by atoms with van der Waals surface area (Å²) in [5.41, 5.74) is 0.187. The van der Waals surface area contributed by atoms with Crippen LogP contribution in [0.1, 0.15) is 47.5 Å². The highest BCUT2D eigenvalue weighted by molar-refractivity contribution is 5.79. The molecule has 0 amide bonds. The largest absolute Gasteiger partial charge is 0.377 e. The minimum Gasteiger partial charge on any atom is -0.377 e. The van der Waals surface area contributed by atoms with Gasteiger partial charge in [0.05, 0.1) is 6.10 Å². The third-order valence-corrected chi connectivity index (χ3v) is 4.67. The molecule has 0 saturated carbocycles. The van der Waals surface area contributed by atoms with Crippen LogP contribution in [0.15, 0.2) is 4.99 Å². The Kier molecular flexibility index (Phi) is 8.92. The van der Waals surface area contributed by atoms with E-state index < -0.39 is 0 Å². The Hall–Kier alpha value is -0.810. The van der Waals surface area contributed by atoms with E-state index in [2.05, 4.69) is 55.1 Å². The Morgan fingerprint density at radius 1 is 1.22 bits per heavy atom. The van der Waals surface area contributed by atoms with Crippen molar-refractivity contribution >= 4 is 5.96 Å². The molecule has 1 rings (SSSR count). The molecule has 0 spiro atoms. The highest BCUT2D eigenvalue weighted by atomic mass is 16.5. The average molecular weight is 327 g/mol. The van der Waals surface area contributed by atoms with Gasteiger partial charge >= 0.3 is 0 Å². The fourth-order valence-electron chi connectivity index (χ4n) is 3.33. The minimum atomic E-state index is 0.187. The van der Waals surface area contributed by atoms with E-state index in [-0.39, 0.29) is 5.41 Å². The van der Waals surface area contributed by atoms with Crippen LogP contribution in [0.3, 0.4) is 0 Å². The number of ether oxygens (including phenoxy) is 1. The SMILES string of the molecule is CCN(CC)CCNC(=NC)NCC1CCCOC1C(C)(C)C. The third kappa shape index (κ3) is 7.08. The Morgan fingerprint density at radius 2 is 1.91 bits per heavy atom. The standard InChI is InChI=1S/C18H38N4O/c1-7-22(8-2)12-11-20-17(19-6)21-14-15-10-9-13-23-16(15)18(3,4)5/h15-16H,7-14H2,1-6H3,(H2,19,20,21). The van der Waals surface area contributed by atoms with E-state index >= 15 is 0 Å². The van der Waals surface area contributed by atoms with E-state index in [1.165, 1.54) is 6.42 Å². The molecular weight excluding hydrogens is 288 g/mol. The maximum absolute atomic E-state index is 6.06. The van der Waals surface area contributed by atoms with Crippen molar-refractivity contribution in [1.29, 1.82) is 0 Å². The zero-order chi connectivity index (χ0) is 17.3. The number of likely N-dealkylation sites (N-methyl/N-ethyl adjacent to an activating group) is 1. The molecule has 2 atom stereocenters. The molecule has 1 aliphatic rings. The van der Waals surface area contributed by atoms with Crippen LogP contribution in [0.4, 0.5) is 0 Å². The smallest absolute Gasteiger partial charge is 0.191 e. The van der Waals surface area contributed by atoms with Gasteiger partial charge in [-0.3, -0.25) is 4.99 Å². The van der Waals surface area contributed by atoms with E-state index in [0.717, 1.165) is 51.7 Å². The van der Waals surface area contributed by atoms with Gasteiger partial charge in [-0.2, -0.15) is 0 Å². The molecule has 2 unspecified atom stereocenters. The first-order valence-corrected chi connectivity index (χ1v) is 9.20. The average Bonchev–Trinajstić information content (AvgIpc) is 2.54. The predicted octanol–water partition coefficient (Wildman–Crippen LogP) is 2.33. The Balaban J connectivity index is 2.41. The zero-order valence-electron chi connectivity index (χ0n) is 16.1.